The summed E-state index contributed by atoms with van der Waals surface area (Å²) in [6, 6.07) is 8.37. The SMILES string of the molecule is NNC(=O)C(N)c1nncc(-c2ccccc2)n1. The number of benzene rings is 1. The highest BCUT2D eigenvalue weighted by Gasteiger charge is 2.18. The van der Waals surface area contributed by atoms with Crippen molar-refractivity contribution in [3.63, 3.8) is 0 Å². The molecule has 1 aromatic carbocycles. The molecule has 0 aliphatic rings. The lowest BCUT2D eigenvalue weighted by atomic mass is 10.1. The molecule has 92 valence electrons. The maximum atomic E-state index is 11.3. The van der Waals surface area contributed by atoms with Crippen molar-refractivity contribution in [3.8, 4) is 11.3 Å². The lowest BCUT2D eigenvalue weighted by molar-refractivity contribution is -0.122. The zero-order valence-electron chi connectivity index (χ0n) is 9.45. The van der Waals surface area contributed by atoms with Crippen molar-refractivity contribution in [2.75, 3.05) is 0 Å². The van der Waals surface area contributed by atoms with Gasteiger partial charge in [0.2, 0.25) is 0 Å². The number of carbonyl (C=O) groups is 1. The average molecular weight is 244 g/mol. The molecule has 5 N–H and O–H groups in total. The lowest BCUT2D eigenvalue weighted by Crippen LogP contribution is -2.39. The molecular formula is C11H12N6O. The number of rotatable bonds is 3. The highest BCUT2D eigenvalue weighted by molar-refractivity contribution is 5.81. The molecule has 0 saturated carbocycles. The van der Waals surface area contributed by atoms with Crippen molar-refractivity contribution in [2.45, 2.75) is 6.04 Å². The molecule has 18 heavy (non-hydrogen) atoms. The fraction of sp³-hybridized carbons (Fsp3) is 0.0909. The van der Waals surface area contributed by atoms with Crippen molar-refractivity contribution in [2.24, 2.45) is 11.6 Å². The molecule has 0 spiro atoms. The monoisotopic (exact) mass is 244 g/mol. The third kappa shape index (κ3) is 2.47. The van der Waals surface area contributed by atoms with Crippen molar-refractivity contribution in [1.29, 1.82) is 0 Å². The third-order valence-electron chi connectivity index (χ3n) is 2.35. The first-order valence-corrected chi connectivity index (χ1v) is 5.23. The van der Waals surface area contributed by atoms with Crippen LogP contribution >= 0.6 is 0 Å². The largest absolute Gasteiger partial charge is 0.313 e. The number of nitrogens with zero attached hydrogens (tertiary/aromatic N) is 3. The number of nitrogens with two attached hydrogens (primary N) is 2. The molecule has 2 rings (SSSR count). The van der Waals surface area contributed by atoms with E-state index in [1.165, 1.54) is 6.20 Å². The highest BCUT2D eigenvalue weighted by Crippen LogP contribution is 2.15. The van der Waals surface area contributed by atoms with Crippen molar-refractivity contribution >= 4 is 5.91 Å². The van der Waals surface area contributed by atoms with Gasteiger partial charge in [-0.15, -0.1) is 5.10 Å². The van der Waals surface area contributed by atoms with E-state index in [1.807, 2.05) is 35.8 Å². The summed E-state index contributed by atoms with van der Waals surface area (Å²) >= 11 is 0. The van der Waals surface area contributed by atoms with Crippen LogP contribution < -0.4 is 17.0 Å². The highest BCUT2D eigenvalue weighted by atomic mass is 16.2. The van der Waals surface area contributed by atoms with Gasteiger partial charge in [0.1, 0.15) is 6.04 Å². The number of carbonyl (C=O) groups excluding carboxylic acids is 1. The predicted molar refractivity (Wildman–Crippen MR) is 64.5 cm³/mol. The molecule has 1 atom stereocenters. The van der Waals surface area contributed by atoms with Gasteiger partial charge in [0.15, 0.2) is 5.82 Å². The van der Waals surface area contributed by atoms with Crippen LogP contribution in [0.1, 0.15) is 11.9 Å². The Morgan fingerprint density at radius 1 is 1.28 bits per heavy atom. The van der Waals surface area contributed by atoms with E-state index in [1.54, 1.807) is 0 Å². The van der Waals surface area contributed by atoms with Crippen molar-refractivity contribution < 1.29 is 4.79 Å². The van der Waals surface area contributed by atoms with Crippen molar-refractivity contribution in [3.05, 3.63) is 42.4 Å². The van der Waals surface area contributed by atoms with E-state index in [4.69, 9.17) is 11.6 Å². The van der Waals surface area contributed by atoms with Crippen LogP contribution in [0.25, 0.3) is 11.3 Å². The van der Waals surface area contributed by atoms with Gasteiger partial charge >= 0.3 is 0 Å². The van der Waals surface area contributed by atoms with Gasteiger partial charge in [0.05, 0.1) is 11.9 Å². The Labute approximate surface area is 103 Å². The zero-order valence-corrected chi connectivity index (χ0v) is 9.45. The predicted octanol–water partition coefficient (Wildman–Crippen LogP) is -0.472. The van der Waals surface area contributed by atoms with Crippen LogP contribution in [0.4, 0.5) is 0 Å². The topological polar surface area (TPSA) is 120 Å². The first kappa shape index (κ1) is 12.1. The Hall–Kier alpha value is -2.38. The Morgan fingerprint density at radius 2 is 2.00 bits per heavy atom. The lowest BCUT2D eigenvalue weighted by Gasteiger charge is -2.08. The molecular weight excluding hydrogens is 232 g/mol. The number of amides is 1. The molecule has 2 aromatic rings. The first-order valence-electron chi connectivity index (χ1n) is 5.23. The van der Waals surface area contributed by atoms with E-state index in [0.717, 1.165) is 5.56 Å². The summed E-state index contributed by atoms with van der Waals surface area (Å²) in [7, 11) is 0. The summed E-state index contributed by atoms with van der Waals surface area (Å²) in [6.45, 7) is 0. The van der Waals surface area contributed by atoms with Crippen LogP contribution in [-0.2, 0) is 4.79 Å². The molecule has 7 nitrogen and oxygen atoms in total. The zero-order chi connectivity index (χ0) is 13.0. The van der Waals surface area contributed by atoms with E-state index in [0.29, 0.717) is 5.69 Å². The number of hydrogen-bond donors (Lipinski definition) is 3. The minimum atomic E-state index is -1.04. The van der Waals surface area contributed by atoms with E-state index < -0.39 is 11.9 Å². The van der Waals surface area contributed by atoms with Crippen LogP contribution in [0.5, 0.6) is 0 Å². The second-order valence-corrected chi connectivity index (χ2v) is 3.55. The summed E-state index contributed by atoms with van der Waals surface area (Å²) in [5.74, 6) is 4.56. The van der Waals surface area contributed by atoms with Crippen LogP contribution in [0.15, 0.2) is 36.5 Å². The third-order valence-corrected chi connectivity index (χ3v) is 2.35. The van der Waals surface area contributed by atoms with Gasteiger partial charge in [-0.05, 0) is 0 Å². The van der Waals surface area contributed by atoms with Crippen LogP contribution in [-0.4, -0.2) is 21.1 Å². The Balaban J connectivity index is 2.34. The number of hydrogen-bond acceptors (Lipinski definition) is 6. The van der Waals surface area contributed by atoms with E-state index >= 15 is 0 Å². The standard InChI is InChI=1S/C11H12N6O/c12-9(11(18)16-13)10-15-8(6-14-17-10)7-4-2-1-3-5-7/h1-6,9H,12-13H2,(H,16,18). The van der Waals surface area contributed by atoms with Crippen LogP contribution in [0.2, 0.25) is 0 Å². The van der Waals surface area contributed by atoms with Gasteiger partial charge in [-0.2, -0.15) is 5.10 Å². The van der Waals surface area contributed by atoms with E-state index in [2.05, 4.69) is 15.2 Å². The second-order valence-electron chi connectivity index (χ2n) is 3.55. The minimum absolute atomic E-state index is 0.124. The fourth-order valence-electron chi connectivity index (χ4n) is 1.40. The number of hydrazine groups is 1. The summed E-state index contributed by atoms with van der Waals surface area (Å²) < 4.78 is 0. The number of aromatic nitrogens is 3. The molecule has 1 heterocycles. The van der Waals surface area contributed by atoms with Crippen LogP contribution in [0, 0.1) is 0 Å². The Kier molecular flexibility index (Phi) is 3.56. The van der Waals surface area contributed by atoms with Gasteiger partial charge in [0.25, 0.3) is 5.91 Å². The van der Waals surface area contributed by atoms with Gasteiger partial charge in [-0.25, -0.2) is 10.8 Å². The summed E-state index contributed by atoms with van der Waals surface area (Å²) in [6.07, 6.45) is 1.51. The van der Waals surface area contributed by atoms with Gasteiger partial charge in [0, 0.05) is 5.56 Å². The number of nitrogens with one attached hydrogen (secondary N) is 1. The van der Waals surface area contributed by atoms with Gasteiger partial charge in [-0.1, -0.05) is 30.3 Å². The average Bonchev–Trinajstić information content (AvgIpc) is 2.46. The molecule has 0 aliphatic heterocycles. The second kappa shape index (κ2) is 5.30. The van der Waals surface area contributed by atoms with Crippen molar-refractivity contribution in [1.82, 2.24) is 20.6 Å². The minimum Gasteiger partial charge on any atom is -0.313 e. The molecule has 0 saturated heterocycles. The fourth-order valence-corrected chi connectivity index (χ4v) is 1.40. The maximum Gasteiger partial charge on any atom is 0.258 e. The molecule has 1 amide bonds. The molecule has 1 unspecified atom stereocenters. The van der Waals surface area contributed by atoms with Gasteiger partial charge < -0.3 is 5.73 Å². The quantitative estimate of drug-likeness (QED) is 0.381. The van der Waals surface area contributed by atoms with Gasteiger partial charge in [-0.3, -0.25) is 10.2 Å². The maximum absolute atomic E-state index is 11.3. The summed E-state index contributed by atoms with van der Waals surface area (Å²) in [5.41, 5.74) is 9.06. The molecule has 0 aliphatic carbocycles. The smallest absolute Gasteiger partial charge is 0.258 e. The molecule has 0 radical (unpaired) electrons. The van der Waals surface area contributed by atoms with E-state index in [-0.39, 0.29) is 5.82 Å². The molecule has 0 bridgehead atoms. The first-order chi connectivity index (χ1) is 8.72. The molecule has 0 fully saturated rings. The summed E-state index contributed by atoms with van der Waals surface area (Å²) in [5, 5.41) is 7.52. The molecule has 7 heteroatoms. The normalized spacial score (nSPS) is 11.9. The van der Waals surface area contributed by atoms with E-state index in [9.17, 15) is 4.79 Å². The Morgan fingerprint density at radius 3 is 2.67 bits per heavy atom. The Bertz CT molecular complexity index is 544. The summed E-state index contributed by atoms with van der Waals surface area (Å²) in [4.78, 5) is 15.5. The molecule has 1 aromatic heterocycles. The van der Waals surface area contributed by atoms with Crippen LogP contribution in [0.3, 0.4) is 0 Å².